The molecule has 2 N–H and O–H groups in total. The second-order valence-electron chi connectivity index (χ2n) is 9.81. The highest BCUT2D eigenvalue weighted by Gasteiger charge is 2.53. The first-order chi connectivity index (χ1) is 17.0. The van der Waals surface area contributed by atoms with Gasteiger partial charge in [-0.05, 0) is 86.1 Å². The Morgan fingerprint density at radius 2 is 1.86 bits per heavy atom. The first-order valence-corrected chi connectivity index (χ1v) is 13.5. The van der Waals surface area contributed by atoms with Gasteiger partial charge in [0.1, 0.15) is 19.3 Å². The highest BCUT2D eigenvalue weighted by Crippen LogP contribution is 2.52. The van der Waals surface area contributed by atoms with E-state index in [4.69, 9.17) is 21.1 Å². The minimum Gasteiger partial charge on any atom is -0.486 e. The molecule has 1 saturated carbocycles. The molecule has 2 atom stereocenters. The SMILES string of the molecule is O=C(N[C@H](CN1CCCC1)[C@H](O)c1ccc2c(c1)OCCO2)C1(c2cc3cc(Cl)ccc3s2)CC1. The minimum absolute atomic E-state index is 0.00376. The van der Waals surface area contributed by atoms with Crippen LogP contribution in [0.2, 0.25) is 5.02 Å². The third-order valence-corrected chi connectivity index (χ3v) is 8.95. The number of ether oxygens (including phenoxy) is 2. The van der Waals surface area contributed by atoms with Crippen LogP contribution in [0.4, 0.5) is 0 Å². The van der Waals surface area contributed by atoms with Crippen LogP contribution in [0.1, 0.15) is 42.2 Å². The second-order valence-corrected chi connectivity index (χ2v) is 11.3. The van der Waals surface area contributed by atoms with E-state index in [0.717, 1.165) is 59.3 Å². The average Bonchev–Trinajstić information content (AvgIpc) is 3.31. The molecule has 0 spiro atoms. The Bertz CT molecular complexity index is 1250. The van der Waals surface area contributed by atoms with Crippen molar-refractivity contribution >= 4 is 38.9 Å². The van der Waals surface area contributed by atoms with Crippen molar-refractivity contribution in [2.75, 3.05) is 32.8 Å². The number of hydrogen-bond acceptors (Lipinski definition) is 6. The van der Waals surface area contributed by atoms with Gasteiger partial charge in [-0.1, -0.05) is 17.7 Å². The fraction of sp³-hybridized carbons (Fsp3) is 0.444. The third kappa shape index (κ3) is 4.51. The molecule has 6 nitrogen and oxygen atoms in total. The second kappa shape index (κ2) is 9.28. The van der Waals surface area contributed by atoms with Crippen LogP contribution in [0, 0.1) is 0 Å². The van der Waals surface area contributed by atoms with Crippen molar-refractivity contribution < 1.29 is 19.4 Å². The van der Waals surface area contributed by atoms with Gasteiger partial charge in [-0.25, -0.2) is 0 Å². The molecule has 1 amide bonds. The number of thiophene rings is 1. The predicted molar refractivity (Wildman–Crippen MR) is 138 cm³/mol. The van der Waals surface area contributed by atoms with Gasteiger partial charge in [-0.3, -0.25) is 4.79 Å². The van der Waals surface area contributed by atoms with Crippen LogP contribution >= 0.6 is 22.9 Å². The summed E-state index contributed by atoms with van der Waals surface area (Å²) in [4.78, 5) is 17.1. The summed E-state index contributed by atoms with van der Waals surface area (Å²) in [6.45, 7) is 3.60. The van der Waals surface area contributed by atoms with Gasteiger partial charge in [0.05, 0.1) is 11.5 Å². The lowest BCUT2D eigenvalue weighted by molar-refractivity contribution is -0.125. The van der Waals surface area contributed by atoms with Crippen molar-refractivity contribution in [3.8, 4) is 11.5 Å². The molecule has 0 radical (unpaired) electrons. The first kappa shape index (κ1) is 23.1. The maximum atomic E-state index is 13.7. The zero-order valence-electron chi connectivity index (χ0n) is 19.5. The Morgan fingerprint density at radius 1 is 1.09 bits per heavy atom. The number of hydrogen-bond donors (Lipinski definition) is 2. The van der Waals surface area contributed by atoms with Crippen LogP contribution in [0.25, 0.3) is 10.1 Å². The van der Waals surface area contributed by atoms with E-state index in [0.29, 0.717) is 36.3 Å². The Kier molecular flexibility index (Phi) is 6.13. The number of rotatable bonds is 7. The van der Waals surface area contributed by atoms with Gasteiger partial charge >= 0.3 is 0 Å². The molecule has 6 rings (SSSR count). The molecule has 1 aliphatic carbocycles. The van der Waals surface area contributed by atoms with Gasteiger partial charge in [0, 0.05) is 21.1 Å². The summed E-state index contributed by atoms with van der Waals surface area (Å²) < 4.78 is 12.5. The van der Waals surface area contributed by atoms with Gasteiger partial charge in [-0.2, -0.15) is 0 Å². The molecule has 1 aromatic heterocycles. The highest BCUT2D eigenvalue weighted by atomic mass is 35.5. The van der Waals surface area contributed by atoms with Crippen molar-refractivity contribution in [3.05, 3.63) is 57.9 Å². The molecule has 0 unspecified atom stereocenters. The Labute approximate surface area is 213 Å². The number of nitrogens with one attached hydrogen (secondary N) is 1. The molecule has 0 bridgehead atoms. The van der Waals surface area contributed by atoms with Crippen LogP contribution in [-0.2, 0) is 10.2 Å². The lowest BCUT2D eigenvalue weighted by Crippen LogP contribution is -2.49. The average molecular weight is 513 g/mol. The molecule has 2 fully saturated rings. The van der Waals surface area contributed by atoms with E-state index in [1.807, 2.05) is 36.4 Å². The molecule has 35 heavy (non-hydrogen) atoms. The van der Waals surface area contributed by atoms with Crippen molar-refractivity contribution in [3.63, 3.8) is 0 Å². The number of carbonyl (C=O) groups is 1. The predicted octanol–water partition coefficient (Wildman–Crippen LogP) is 4.67. The maximum Gasteiger partial charge on any atom is 0.231 e. The van der Waals surface area contributed by atoms with E-state index in [1.54, 1.807) is 11.3 Å². The molecule has 2 aliphatic heterocycles. The van der Waals surface area contributed by atoms with Gasteiger partial charge in [0.2, 0.25) is 5.91 Å². The first-order valence-electron chi connectivity index (χ1n) is 12.3. The molecular formula is C27H29ClN2O4S. The van der Waals surface area contributed by atoms with Gasteiger partial charge < -0.3 is 24.8 Å². The number of likely N-dealkylation sites (tertiary alicyclic amines) is 1. The Balaban J connectivity index is 1.25. The van der Waals surface area contributed by atoms with Crippen molar-refractivity contribution in [2.45, 2.75) is 43.2 Å². The number of amides is 1. The summed E-state index contributed by atoms with van der Waals surface area (Å²) in [6, 6.07) is 13.1. The summed E-state index contributed by atoms with van der Waals surface area (Å²) in [5.74, 6) is 1.33. The molecule has 3 aromatic rings. The third-order valence-electron chi connectivity index (χ3n) is 7.39. The lowest BCUT2D eigenvalue weighted by Gasteiger charge is -2.30. The van der Waals surface area contributed by atoms with Crippen LogP contribution in [0.5, 0.6) is 11.5 Å². The molecule has 3 heterocycles. The molecule has 1 saturated heterocycles. The number of aliphatic hydroxyl groups excluding tert-OH is 1. The van der Waals surface area contributed by atoms with Crippen LogP contribution in [0.15, 0.2) is 42.5 Å². The van der Waals surface area contributed by atoms with E-state index in [9.17, 15) is 9.90 Å². The number of benzene rings is 2. The summed E-state index contributed by atoms with van der Waals surface area (Å²) in [7, 11) is 0. The van der Waals surface area contributed by atoms with Crippen LogP contribution < -0.4 is 14.8 Å². The van der Waals surface area contributed by atoms with Crippen molar-refractivity contribution in [2.24, 2.45) is 0 Å². The van der Waals surface area contributed by atoms with E-state index >= 15 is 0 Å². The number of aliphatic hydroxyl groups is 1. The number of nitrogens with zero attached hydrogens (tertiary/aromatic N) is 1. The van der Waals surface area contributed by atoms with Crippen LogP contribution in [0.3, 0.4) is 0 Å². The fourth-order valence-electron chi connectivity index (χ4n) is 5.21. The normalized spacial score (nSPS) is 20.5. The van der Waals surface area contributed by atoms with Crippen molar-refractivity contribution in [1.82, 2.24) is 10.2 Å². The van der Waals surface area contributed by atoms with E-state index in [1.165, 1.54) is 0 Å². The lowest BCUT2D eigenvalue weighted by atomic mass is 9.98. The largest absolute Gasteiger partial charge is 0.486 e. The van der Waals surface area contributed by atoms with E-state index in [2.05, 4.69) is 16.3 Å². The molecular weight excluding hydrogens is 484 g/mol. The molecule has 2 aromatic carbocycles. The standard InChI is InChI=1S/C27H29ClN2O4S/c28-19-4-6-23-18(13-19)15-24(35-23)27(7-8-27)26(32)29-20(16-30-9-1-2-10-30)25(31)17-3-5-21-22(14-17)34-12-11-33-21/h3-6,13-15,20,25,31H,1-2,7-12,16H2,(H,29,32)/t20-,25-/m1/s1. The Hall–Kier alpha value is -2.32. The molecule has 3 aliphatic rings. The highest BCUT2D eigenvalue weighted by molar-refractivity contribution is 7.19. The molecule has 184 valence electrons. The summed E-state index contributed by atoms with van der Waals surface area (Å²) in [6.07, 6.45) is 3.07. The van der Waals surface area contributed by atoms with Gasteiger partial charge in [0.15, 0.2) is 11.5 Å². The number of fused-ring (bicyclic) bond motifs is 2. The quantitative estimate of drug-likeness (QED) is 0.481. The fourth-order valence-corrected chi connectivity index (χ4v) is 6.68. The van der Waals surface area contributed by atoms with E-state index < -0.39 is 17.6 Å². The summed E-state index contributed by atoms with van der Waals surface area (Å²) in [5, 5.41) is 16.5. The van der Waals surface area contributed by atoms with Crippen molar-refractivity contribution in [1.29, 1.82) is 0 Å². The number of halogens is 1. The monoisotopic (exact) mass is 512 g/mol. The zero-order valence-corrected chi connectivity index (χ0v) is 21.0. The van der Waals surface area contributed by atoms with Gasteiger partial charge in [0.25, 0.3) is 0 Å². The smallest absolute Gasteiger partial charge is 0.231 e. The van der Waals surface area contributed by atoms with Crippen LogP contribution in [-0.4, -0.2) is 54.8 Å². The summed E-state index contributed by atoms with van der Waals surface area (Å²) >= 11 is 7.84. The number of carbonyl (C=O) groups excluding carboxylic acids is 1. The topological polar surface area (TPSA) is 71.0 Å². The summed E-state index contributed by atoms with van der Waals surface area (Å²) in [5.41, 5.74) is 0.200. The zero-order chi connectivity index (χ0) is 24.0. The molecule has 8 heteroatoms. The maximum absolute atomic E-state index is 13.7. The minimum atomic E-state index is -0.854. The van der Waals surface area contributed by atoms with Gasteiger partial charge in [-0.15, -0.1) is 11.3 Å². The van der Waals surface area contributed by atoms with E-state index in [-0.39, 0.29) is 5.91 Å². The Morgan fingerprint density at radius 3 is 2.63 bits per heavy atom.